The number of piperazine rings is 1. The first-order chi connectivity index (χ1) is 10.5. The van der Waals surface area contributed by atoms with Crippen molar-refractivity contribution in [2.24, 2.45) is 0 Å². The lowest BCUT2D eigenvalue weighted by molar-refractivity contribution is 0.0664. The molecule has 2 aliphatic rings. The van der Waals surface area contributed by atoms with Crippen molar-refractivity contribution in [2.75, 3.05) is 33.2 Å². The number of nitrogens with one attached hydrogen (secondary N) is 1. The molecule has 1 heterocycles. The number of carbonyl (C=O) groups excluding carboxylic acids is 1. The van der Waals surface area contributed by atoms with Gasteiger partial charge in [0.1, 0.15) is 0 Å². The molecular weight excluding hydrogens is 302 g/mol. The molecule has 1 saturated heterocycles. The van der Waals surface area contributed by atoms with Gasteiger partial charge in [-0.3, -0.25) is 4.79 Å². The molecule has 0 aromatic heterocycles. The van der Waals surface area contributed by atoms with Crippen molar-refractivity contribution in [3.8, 4) is 0 Å². The van der Waals surface area contributed by atoms with E-state index < -0.39 is 10.0 Å². The zero-order valence-corrected chi connectivity index (χ0v) is 13.5. The van der Waals surface area contributed by atoms with Gasteiger partial charge in [-0.25, -0.2) is 13.1 Å². The van der Waals surface area contributed by atoms with Gasteiger partial charge >= 0.3 is 0 Å². The Kier molecular flexibility index (Phi) is 4.20. The van der Waals surface area contributed by atoms with Gasteiger partial charge in [-0.2, -0.15) is 0 Å². The third-order valence-corrected chi connectivity index (χ3v) is 5.60. The fourth-order valence-electron chi connectivity index (χ4n) is 2.48. The number of carbonyl (C=O) groups is 1. The van der Waals surface area contributed by atoms with Gasteiger partial charge in [0.25, 0.3) is 5.91 Å². The summed E-state index contributed by atoms with van der Waals surface area (Å²) in [6, 6.07) is 6.38. The number of amides is 1. The highest BCUT2D eigenvalue weighted by molar-refractivity contribution is 7.89. The standard InChI is InChI=1S/C15H21N3O3S/c1-17-7-9-18(10-8-17)15(19)12-3-2-4-14(11-12)22(20,21)16-13-5-6-13/h2-4,11,13,16H,5-10H2,1H3. The smallest absolute Gasteiger partial charge is 0.253 e. The number of benzene rings is 1. The molecule has 7 heteroatoms. The van der Waals surface area contributed by atoms with Crippen molar-refractivity contribution in [2.45, 2.75) is 23.8 Å². The zero-order valence-electron chi connectivity index (χ0n) is 12.7. The van der Waals surface area contributed by atoms with E-state index in [9.17, 15) is 13.2 Å². The van der Waals surface area contributed by atoms with E-state index in [2.05, 4.69) is 9.62 Å². The lowest BCUT2D eigenvalue weighted by Gasteiger charge is -2.32. The molecule has 3 rings (SSSR count). The Morgan fingerprint density at radius 3 is 2.50 bits per heavy atom. The molecule has 2 fully saturated rings. The predicted octanol–water partition coefficient (Wildman–Crippen LogP) is 0.515. The average molecular weight is 323 g/mol. The Morgan fingerprint density at radius 1 is 1.18 bits per heavy atom. The SMILES string of the molecule is CN1CCN(C(=O)c2cccc(S(=O)(=O)NC3CC3)c2)CC1. The van der Waals surface area contributed by atoms with Crippen LogP contribution < -0.4 is 4.72 Å². The quantitative estimate of drug-likeness (QED) is 0.877. The minimum absolute atomic E-state index is 0.0574. The maximum atomic E-state index is 12.5. The van der Waals surface area contributed by atoms with Crippen LogP contribution in [0, 0.1) is 0 Å². The predicted molar refractivity (Wildman–Crippen MR) is 83.2 cm³/mol. The van der Waals surface area contributed by atoms with Crippen LogP contribution in [0.4, 0.5) is 0 Å². The zero-order chi connectivity index (χ0) is 15.7. The molecule has 1 N–H and O–H groups in total. The normalized spacial score (nSPS) is 20.1. The van der Waals surface area contributed by atoms with Crippen LogP contribution in [0.1, 0.15) is 23.2 Å². The van der Waals surface area contributed by atoms with E-state index >= 15 is 0 Å². The van der Waals surface area contributed by atoms with Gasteiger partial charge in [-0.05, 0) is 38.1 Å². The number of sulfonamides is 1. The Labute approximate surface area is 131 Å². The first-order valence-corrected chi connectivity index (χ1v) is 9.04. The highest BCUT2D eigenvalue weighted by Gasteiger charge is 2.28. The summed E-state index contributed by atoms with van der Waals surface area (Å²) in [4.78, 5) is 16.6. The maximum Gasteiger partial charge on any atom is 0.253 e. The van der Waals surface area contributed by atoms with Crippen LogP contribution in [0.3, 0.4) is 0 Å². The first-order valence-electron chi connectivity index (χ1n) is 7.56. The number of hydrogen-bond acceptors (Lipinski definition) is 4. The average Bonchev–Trinajstić information content (AvgIpc) is 3.31. The molecule has 1 aromatic carbocycles. The third kappa shape index (κ3) is 3.48. The summed E-state index contributed by atoms with van der Waals surface area (Å²) in [7, 11) is -1.50. The summed E-state index contributed by atoms with van der Waals surface area (Å²) in [6.07, 6.45) is 1.78. The van der Waals surface area contributed by atoms with Gasteiger partial charge in [0.05, 0.1) is 4.90 Å². The summed E-state index contributed by atoms with van der Waals surface area (Å²) in [5.74, 6) is -0.100. The molecular formula is C15H21N3O3S. The highest BCUT2D eigenvalue weighted by Crippen LogP contribution is 2.22. The molecule has 6 nitrogen and oxygen atoms in total. The van der Waals surface area contributed by atoms with Gasteiger partial charge in [0.15, 0.2) is 0 Å². The molecule has 1 amide bonds. The topological polar surface area (TPSA) is 69.7 Å². The van der Waals surface area contributed by atoms with Crippen molar-refractivity contribution in [1.82, 2.24) is 14.5 Å². The lowest BCUT2D eigenvalue weighted by atomic mass is 10.2. The van der Waals surface area contributed by atoms with E-state index in [4.69, 9.17) is 0 Å². The van der Waals surface area contributed by atoms with Gasteiger partial charge in [-0.15, -0.1) is 0 Å². The Hall–Kier alpha value is -1.44. The highest BCUT2D eigenvalue weighted by atomic mass is 32.2. The first kappa shape index (κ1) is 15.5. The molecule has 0 atom stereocenters. The Bertz CT molecular complexity index is 662. The van der Waals surface area contributed by atoms with Crippen molar-refractivity contribution < 1.29 is 13.2 Å². The van der Waals surface area contributed by atoms with Crippen molar-refractivity contribution in [3.63, 3.8) is 0 Å². The molecule has 120 valence electrons. The second-order valence-electron chi connectivity index (χ2n) is 6.02. The molecule has 22 heavy (non-hydrogen) atoms. The molecule has 1 saturated carbocycles. The number of likely N-dealkylation sites (N-methyl/N-ethyl adjacent to an activating group) is 1. The second kappa shape index (κ2) is 5.98. The van der Waals surface area contributed by atoms with Crippen LogP contribution in [-0.2, 0) is 10.0 Å². The Morgan fingerprint density at radius 2 is 1.86 bits per heavy atom. The van der Waals surface area contributed by atoms with Crippen LogP contribution in [0.15, 0.2) is 29.2 Å². The summed E-state index contributed by atoms with van der Waals surface area (Å²) >= 11 is 0. The van der Waals surface area contributed by atoms with Crippen molar-refractivity contribution in [1.29, 1.82) is 0 Å². The molecule has 1 aliphatic carbocycles. The van der Waals surface area contributed by atoms with E-state index in [1.807, 2.05) is 7.05 Å². The third-order valence-electron chi connectivity index (χ3n) is 4.08. The van der Waals surface area contributed by atoms with Crippen molar-refractivity contribution >= 4 is 15.9 Å². The summed E-state index contributed by atoms with van der Waals surface area (Å²) in [5.41, 5.74) is 0.434. The van der Waals surface area contributed by atoms with Gasteiger partial charge in [-0.1, -0.05) is 6.07 Å². The van der Waals surface area contributed by atoms with Gasteiger partial charge < -0.3 is 9.80 Å². The summed E-state index contributed by atoms with van der Waals surface area (Å²) in [5, 5.41) is 0. The minimum atomic E-state index is -3.52. The van der Waals surface area contributed by atoms with Gasteiger partial charge in [0, 0.05) is 37.8 Å². The van der Waals surface area contributed by atoms with Crippen LogP contribution >= 0.6 is 0 Å². The van der Waals surface area contributed by atoms with E-state index in [1.54, 1.807) is 17.0 Å². The van der Waals surface area contributed by atoms with E-state index in [0.717, 1.165) is 25.9 Å². The number of hydrogen-bond donors (Lipinski definition) is 1. The molecule has 0 radical (unpaired) electrons. The fraction of sp³-hybridized carbons (Fsp3) is 0.533. The number of nitrogens with zero attached hydrogens (tertiary/aromatic N) is 2. The molecule has 0 bridgehead atoms. The summed E-state index contributed by atoms with van der Waals surface area (Å²) in [6.45, 7) is 3.03. The lowest BCUT2D eigenvalue weighted by Crippen LogP contribution is -2.47. The van der Waals surface area contributed by atoms with Crippen molar-refractivity contribution in [3.05, 3.63) is 29.8 Å². The van der Waals surface area contributed by atoms with E-state index in [-0.39, 0.29) is 16.8 Å². The van der Waals surface area contributed by atoms with E-state index in [1.165, 1.54) is 12.1 Å². The largest absolute Gasteiger partial charge is 0.336 e. The molecule has 0 unspecified atom stereocenters. The van der Waals surface area contributed by atoms with Crippen LogP contribution in [0.5, 0.6) is 0 Å². The van der Waals surface area contributed by atoms with E-state index in [0.29, 0.717) is 18.7 Å². The van der Waals surface area contributed by atoms with Crippen LogP contribution in [0.25, 0.3) is 0 Å². The van der Waals surface area contributed by atoms with Crippen LogP contribution in [0.2, 0.25) is 0 Å². The van der Waals surface area contributed by atoms with Crippen LogP contribution in [-0.4, -0.2) is 63.4 Å². The molecule has 1 aliphatic heterocycles. The Balaban J connectivity index is 1.77. The monoisotopic (exact) mass is 323 g/mol. The van der Waals surface area contributed by atoms with Gasteiger partial charge in [0.2, 0.25) is 10.0 Å². The second-order valence-corrected chi connectivity index (χ2v) is 7.73. The fourth-order valence-corrected chi connectivity index (χ4v) is 3.83. The maximum absolute atomic E-state index is 12.5. The number of rotatable bonds is 4. The minimum Gasteiger partial charge on any atom is -0.336 e. The molecule has 0 spiro atoms. The summed E-state index contributed by atoms with van der Waals surface area (Å²) < 4.78 is 27.1. The molecule has 1 aromatic rings.